The molecule has 0 aromatic heterocycles. The molecule has 0 atom stereocenters. The summed E-state index contributed by atoms with van der Waals surface area (Å²) in [5.74, 6) is 0.709. The summed E-state index contributed by atoms with van der Waals surface area (Å²) < 4.78 is 16.4. The molecule has 0 fully saturated rings. The first-order valence-corrected chi connectivity index (χ1v) is 9.50. The summed E-state index contributed by atoms with van der Waals surface area (Å²) in [5, 5.41) is 8.78. The second-order valence-electron chi connectivity index (χ2n) is 6.24. The normalized spacial score (nSPS) is 12.2. The molecular formula is C18H23O5P. The van der Waals surface area contributed by atoms with Gasteiger partial charge in [-0.05, 0) is 28.8 Å². The van der Waals surface area contributed by atoms with Crippen molar-refractivity contribution in [3.05, 3.63) is 65.2 Å². The Morgan fingerprint density at radius 2 is 1.46 bits per heavy atom. The minimum atomic E-state index is -4.05. The third-order valence-electron chi connectivity index (χ3n) is 4.00. The summed E-state index contributed by atoms with van der Waals surface area (Å²) in [4.78, 5) is 18.1. The third kappa shape index (κ3) is 4.92. The highest BCUT2D eigenvalue weighted by Gasteiger charge is 2.23. The molecule has 0 aliphatic heterocycles. The number of hydrogen-bond donors (Lipinski definition) is 3. The van der Waals surface area contributed by atoms with Crippen LogP contribution in [0.4, 0.5) is 0 Å². The van der Waals surface area contributed by atoms with Crippen LogP contribution in [-0.4, -0.2) is 28.1 Å². The van der Waals surface area contributed by atoms with Crippen molar-refractivity contribution in [1.82, 2.24) is 0 Å². The highest BCUT2D eigenvalue weighted by molar-refractivity contribution is 7.50. The number of benzene rings is 2. The van der Waals surface area contributed by atoms with Crippen LogP contribution in [0.2, 0.25) is 0 Å². The van der Waals surface area contributed by atoms with Crippen molar-refractivity contribution >= 4 is 7.60 Å². The number of rotatable bonds is 7. The third-order valence-corrected chi connectivity index (χ3v) is 4.78. The summed E-state index contributed by atoms with van der Waals surface area (Å²) in [6.45, 7) is 4.43. The first-order valence-electron chi connectivity index (χ1n) is 7.70. The Bertz CT molecular complexity index is 701. The van der Waals surface area contributed by atoms with E-state index in [2.05, 4.69) is 13.8 Å². The van der Waals surface area contributed by atoms with Crippen LogP contribution in [0, 0.1) is 0 Å². The molecule has 0 aliphatic carbocycles. The van der Waals surface area contributed by atoms with E-state index in [1.807, 2.05) is 36.4 Å². The van der Waals surface area contributed by atoms with Crippen LogP contribution in [0.25, 0.3) is 0 Å². The van der Waals surface area contributed by atoms with Crippen LogP contribution in [0.15, 0.2) is 48.5 Å². The van der Waals surface area contributed by atoms with Crippen LogP contribution < -0.4 is 4.74 Å². The van der Waals surface area contributed by atoms with Gasteiger partial charge in [-0.1, -0.05) is 50.2 Å². The van der Waals surface area contributed by atoms with Crippen molar-refractivity contribution < 1.29 is 24.2 Å². The monoisotopic (exact) mass is 350 g/mol. The molecule has 0 amide bonds. The minimum Gasteiger partial charge on any atom is -0.491 e. The van der Waals surface area contributed by atoms with Crippen LogP contribution in [0.5, 0.6) is 5.75 Å². The molecule has 2 aromatic rings. The molecule has 3 N–H and O–H groups in total. The Hall–Kier alpha value is -1.65. The average molecular weight is 350 g/mol. The quantitative estimate of drug-likeness (QED) is 0.668. The van der Waals surface area contributed by atoms with Gasteiger partial charge in [0.25, 0.3) is 0 Å². The van der Waals surface area contributed by atoms with Gasteiger partial charge < -0.3 is 19.6 Å². The van der Waals surface area contributed by atoms with E-state index in [9.17, 15) is 4.57 Å². The lowest BCUT2D eigenvalue weighted by molar-refractivity contribution is 0.201. The zero-order valence-corrected chi connectivity index (χ0v) is 14.7. The van der Waals surface area contributed by atoms with E-state index in [1.165, 1.54) is 0 Å². The molecule has 2 aromatic carbocycles. The van der Waals surface area contributed by atoms with Gasteiger partial charge in [0.2, 0.25) is 0 Å². The van der Waals surface area contributed by atoms with E-state index < -0.39 is 7.60 Å². The lowest BCUT2D eigenvalue weighted by atomic mass is 9.78. The largest absolute Gasteiger partial charge is 0.491 e. The molecule has 0 bridgehead atoms. The van der Waals surface area contributed by atoms with Gasteiger partial charge in [-0.25, -0.2) is 0 Å². The Kier molecular flexibility index (Phi) is 5.83. The first kappa shape index (κ1) is 18.7. The molecule has 2 rings (SSSR count). The topological polar surface area (TPSA) is 87.0 Å². The summed E-state index contributed by atoms with van der Waals surface area (Å²) in [6.07, 6.45) is -0.245. The Morgan fingerprint density at radius 3 is 1.92 bits per heavy atom. The van der Waals surface area contributed by atoms with Gasteiger partial charge in [0, 0.05) is 5.41 Å². The van der Waals surface area contributed by atoms with E-state index in [0.717, 1.165) is 11.1 Å². The number of aliphatic hydroxyl groups is 1. The molecular weight excluding hydrogens is 327 g/mol. The van der Waals surface area contributed by atoms with E-state index in [-0.39, 0.29) is 24.8 Å². The van der Waals surface area contributed by atoms with E-state index in [0.29, 0.717) is 11.3 Å². The van der Waals surface area contributed by atoms with Crippen LogP contribution in [0.1, 0.15) is 30.5 Å². The fourth-order valence-electron chi connectivity index (χ4n) is 2.56. The molecule has 0 heterocycles. The van der Waals surface area contributed by atoms with Crippen LogP contribution >= 0.6 is 7.60 Å². The predicted molar refractivity (Wildman–Crippen MR) is 93.3 cm³/mol. The van der Waals surface area contributed by atoms with E-state index in [1.54, 1.807) is 12.1 Å². The van der Waals surface area contributed by atoms with Crippen molar-refractivity contribution in [2.24, 2.45) is 0 Å². The van der Waals surface area contributed by atoms with E-state index >= 15 is 0 Å². The second kappa shape index (κ2) is 7.49. The number of hydrogen-bond acceptors (Lipinski definition) is 3. The SMILES string of the molecule is CC(C)(c1ccc(CP(=O)(O)O)cc1)c1ccc(OCCO)cc1. The van der Waals surface area contributed by atoms with Gasteiger partial charge in [-0.15, -0.1) is 0 Å². The zero-order chi connectivity index (χ0) is 17.8. The molecule has 24 heavy (non-hydrogen) atoms. The fraction of sp³-hybridized carbons (Fsp3) is 0.333. The summed E-state index contributed by atoms with van der Waals surface area (Å²) in [6, 6.07) is 15.0. The smallest absolute Gasteiger partial charge is 0.329 e. The lowest BCUT2D eigenvalue weighted by Crippen LogP contribution is -2.18. The first-order chi connectivity index (χ1) is 11.2. The fourth-order valence-corrected chi connectivity index (χ4v) is 3.25. The van der Waals surface area contributed by atoms with Gasteiger partial charge in [0.05, 0.1) is 12.8 Å². The van der Waals surface area contributed by atoms with Crippen molar-refractivity contribution in [3.8, 4) is 5.75 Å². The van der Waals surface area contributed by atoms with Crippen molar-refractivity contribution in [1.29, 1.82) is 0 Å². The van der Waals surface area contributed by atoms with E-state index in [4.69, 9.17) is 19.6 Å². The highest BCUT2D eigenvalue weighted by Crippen LogP contribution is 2.39. The predicted octanol–water partition coefficient (Wildman–Crippen LogP) is 3.06. The Balaban J connectivity index is 2.18. The van der Waals surface area contributed by atoms with Crippen LogP contribution in [0.3, 0.4) is 0 Å². The molecule has 5 nitrogen and oxygen atoms in total. The second-order valence-corrected chi connectivity index (χ2v) is 7.89. The molecule has 0 radical (unpaired) electrons. The number of ether oxygens (including phenoxy) is 1. The van der Waals surface area contributed by atoms with Crippen molar-refractivity contribution in [2.75, 3.05) is 13.2 Å². The molecule has 6 heteroatoms. The molecule has 0 aliphatic rings. The van der Waals surface area contributed by atoms with Gasteiger partial charge in [-0.3, -0.25) is 4.57 Å². The minimum absolute atomic E-state index is 0.0196. The maximum absolute atomic E-state index is 11.1. The summed E-state index contributed by atoms with van der Waals surface area (Å²) in [5.41, 5.74) is 2.52. The summed E-state index contributed by atoms with van der Waals surface area (Å²) >= 11 is 0. The van der Waals surface area contributed by atoms with Crippen molar-refractivity contribution in [3.63, 3.8) is 0 Å². The van der Waals surface area contributed by atoms with Gasteiger partial charge >= 0.3 is 7.60 Å². The van der Waals surface area contributed by atoms with Gasteiger partial charge in [0.1, 0.15) is 12.4 Å². The highest BCUT2D eigenvalue weighted by atomic mass is 31.2. The molecule has 130 valence electrons. The summed E-state index contributed by atoms with van der Waals surface area (Å²) in [7, 11) is -4.05. The Labute approximate surface area is 142 Å². The molecule has 0 spiro atoms. The standard InChI is InChI=1S/C18H23O5P/c1-18(2,16-7-9-17(10-8-16)23-12-11-19)15-5-3-14(4-6-15)13-24(20,21)22/h3-10,19H,11-13H2,1-2H3,(H2,20,21,22). The number of aliphatic hydroxyl groups excluding tert-OH is 1. The molecule has 0 unspecified atom stereocenters. The molecule has 0 saturated carbocycles. The van der Waals surface area contributed by atoms with Crippen molar-refractivity contribution in [2.45, 2.75) is 25.4 Å². The van der Waals surface area contributed by atoms with Gasteiger partial charge in [-0.2, -0.15) is 0 Å². The zero-order valence-electron chi connectivity index (χ0n) is 13.8. The molecule has 0 saturated heterocycles. The lowest BCUT2D eigenvalue weighted by Gasteiger charge is -2.26. The maximum atomic E-state index is 11.1. The Morgan fingerprint density at radius 1 is 0.958 bits per heavy atom. The van der Waals surface area contributed by atoms with Gasteiger partial charge in [0.15, 0.2) is 0 Å². The van der Waals surface area contributed by atoms with Crippen LogP contribution in [-0.2, 0) is 16.1 Å². The maximum Gasteiger partial charge on any atom is 0.329 e. The average Bonchev–Trinajstić information content (AvgIpc) is 2.52.